The molecule has 1 rings (SSSR count). The van der Waals surface area contributed by atoms with Crippen molar-refractivity contribution in [1.29, 1.82) is 0 Å². The van der Waals surface area contributed by atoms with E-state index in [9.17, 15) is 14.4 Å². The van der Waals surface area contributed by atoms with Gasteiger partial charge in [0.2, 0.25) is 0 Å². The molecule has 0 aliphatic carbocycles. The fourth-order valence-corrected chi connectivity index (χ4v) is 0.954. The second-order valence-corrected chi connectivity index (χ2v) is 3.43. The van der Waals surface area contributed by atoms with Crippen LogP contribution in [0.1, 0.15) is 5.56 Å². The van der Waals surface area contributed by atoms with Gasteiger partial charge in [-0.2, -0.15) is 0 Å². The minimum Gasteiger partial charge on any atom is -0.504 e. The topological polar surface area (TPSA) is 152 Å². The molecule has 0 aliphatic rings. The van der Waals surface area contributed by atoms with E-state index in [-0.39, 0.29) is 11.5 Å². The van der Waals surface area contributed by atoms with Crippen LogP contribution in [-0.2, 0) is 14.4 Å². The Morgan fingerprint density at radius 3 is 1.62 bits per heavy atom. The largest absolute Gasteiger partial charge is 0.504 e. The number of rotatable bonds is 4. The van der Waals surface area contributed by atoms with Crippen molar-refractivity contribution in [3.05, 3.63) is 42.0 Å². The number of hydrogen-bond donors (Lipinski definition) is 5. The van der Waals surface area contributed by atoms with Gasteiger partial charge in [-0.25, -0.2) is 14.4 Å². The molecule has 5 N–H and O–H groups in total. The van der Waals surface area contributed by atoms with E-state index < -0.39 is 17.9 Å². The molecule has 0 fully saturated rings. The number of phenolic OH excluding ortho intramolecular Hbond substituents is 2. The summed E-state index contributed by atoms with van der Waals surface area (Å²) in [6.45, 7) is 0. The van der Waals surface area contributed by atoms with Crippen LogP contribution in [0.5, 0.6) is 11.5 Å². The number of aromatic hydroxyl groups is 2. The average molecular weight is 296 g/mol. The lowest BCUT2D eigenvalue weighted by atomic mass is 10.2. The van der Waals surface area contributed by atoms with Crippen molar-refractivity contribution in [3.8, 4) is 11.5 Å². The van der Waals surface area contributed by atoms with Gasteiger partial charge in [0.05, 0.1) is 0 Å². The highest BCUT2D eigenvalue weighted by molar-refractivity contribution is 5.89. The second kappa shape index (κ2) is 8.75. The summed E-state index contributed by atoms with van der Waals surface area (Å²) in [6, 6.07) is 4.06. The molecule has 0 atom stereocenters. The third kappa shape index (κ3) is 9.31. The number of carbonyl (C=O) groups is 3. The standard InChI is InChI=1S/C9H8O4.C4H4O4/c10-7-3-1-6(5-8(7)11)2-4-9(12)13;5-3(6)1-2-4(7)8/h1-5,10-11H,(H,12,13);1-2H,(H,5,6)(H,7,8)/b4-2+;2-1+. The van der Waals surface area contributed by atoms with E-state index in [1.54, 1.807) is 0 Å². The van der Waals surface area contributed by atoms with Crippen LogP contribution in [0.3, 0.4) is 0 Å². The maximum Gasteiger partial charge on any atom is 0.328 e. The number of carboxylic acid groups (broad SMARTS) is 3. The van der Waals surface area contributed by atoms with Gasteiger partial charge in [0.15, 0.2) is 11.5 Å². The van der Waals surface area contributed by atoms with Crippen molar-refractivity contribution >= 4 is 24.0 Å². The van der Waals surface area contributed by atoms with E-state index in [4.69, 9.17) is 25.5 Å². The molecule has 8 heteroatoms. The first kappa shape index (κ1) is 17.7. The third-order valence-corrected chi connectivity index (χ3v) is 1.79. The summed E-state index contributed by atoms with van der Waals surface area (Å²) in [5.74, 6) is -4.08. The summed E-state index contributed by atoms with van der Waals surface area (Å²) < 4.78 is 0. The van der Waals surface area contributed by atoms with Crippen LogP contribution in [0.15, 0.2) is 36.4 Å². The van der Waals surface area contributed by atoms with E-state index in [1.807, 2.05) is 0 Å². The van der Waals surface area contributed by atoms with Gasteiger partial charge in [-0.05, 0) is 23.8 Å². The highest BCUT2D eigenvalue weighted by atomic mass is 16.4. The van der Waals surface area contributed by atoms with Crippen LogP contribution < -0.4 is 0 Å². The van der Waals surface area contributed by atoms with Crippen molar-refractivity contribution in [3.63, 3.8) is 0 Å². The predicted octanol–water partition coefficient (Wildman–Crippen LogP) is 0.907. The summed E-state index contributed by atoms with van der Waals surface area (Å²) in [4.78, 5) is 29.2. The third-order valence-electron chi connectivity index (χ3n) is 1.79. The SMILES string of the molecule is O=C(O)/C=C/C(=O)O.O=C(O)/C=C/c1ccc(O)c(O)c1. The molecule has 0 saturated heterocycles. The molecule has 0 bridgehead atoms. The number of aliphatic carboxylic acids is 3. The molecule has 0 aromatic heterocycles. The summed E-state index contributed by atoms with van der Waals surface area (Å²) in [5, 5.41) is 41.9. The van der Waals surface area contributed by atoms with Crippen molar-refractivity contribution in [2.24, 2.45) is 0 Å². The molecule has 0 saturated carbocycles. The zero-order valence-corrected chi connectivity index (χ0v) is 10.5. The molecule has 0 radical (unpaired) electrons. The highest BCUT2D eigenvalue weighted by Gasteiger charge is 1.97. The first-order valence-corrected chi connectivity index (χ1v) is 5.29. The molecule has 0 spiro atoms. The second-order valence-electron chi connectivity index (χ2n) is 3.43. The predicted molar refractivity (Wildman–Crippen MR) is 70.9 cm³/mol. The minimum absolute atomic E-state index is 0.229. The van der Waals surface area contributed by atoms with Crippen LogP contribution in [0.4, 0.5) is 0 Å². The van der Waals surface area contributed by atoms with E-state index >= 15 is 0 Å². The van der Waals surface area contributed by atoms with Gasteiger partial charge >= 0.3 is 17.9 Å². The molecule has 8 nitrogen and oxygen atoms in total. The maximum atomic E-state index is 10.1. The average Bonchev–Trinajstić information content (AvgIpc) is 2.38. The number of benzene rings is 1. The van der Waals surface area contributed by atoms with Crippen LogP contribution in [0, 0.1) is 0 Å². The molecule has 0 aliphatic heterocycles. The van der Waals surface area contributed by atoms with E-state index in [0.717, 1.165) is 6.08 Å². The zero-order chi connectivity index (χ0) is 16.4. The summed E-state index contributed by atoms with van der Waals surface area (Å²) in [6.07, 6.45) is 3.39. The molecular weight excluding hydrogens is 284 g/mol. The first-order chi connectivity index (χ1) is 9.72. The van der Waals surface area contributed by atoms with Gasteiger partial charge in [0.25, 0.3) is 0 Å². The van der Waals surface area contributed by atoms with Crippen molar-refractivity contribution in [2.75, 3.05) is 0 Å². The lowest BCUT2D eigenvalue weighted by Crippen LogP contribution is -1.91. The monoisotopic (exact) mass is 296 g/mol. The van der Waals surface area contributed by atoms with Crippen LogP contribution in [0.25, 0.3) is 6.08 Å². The lowest BCUT2D eigenvalue weighted by Gasteiger charge is -1.97. The van der Waals surface area contributed by atoms with Crippen LogP contribution in [-0.4, -0.2) is 43.4 Å². The van der Waals surface area contributed by atoms with E-state index in [1.165, 1.54) is 24.3 Å². The molecule has 0 heterocycles. The van der Waals surface area contributed by atoms with Gasteiger partial charge < -0.3 is 25.5 Å². The number of hydrogen-bond acceptors (Lipinski definition) is 5. The Balaban J connectivity index is 0.000000433. The molecular formula is C13H12O8. The molecule has 112 valence electrons. The van der Waals surface area contributed by atoms with Crippen molar-refractivity contribution in [1.82, 2.24) is 0 Å². The number of carboxylic acids is 3. The Bertz CT molecular complexity index is 570. The Morgan fingerprint density at radius 2 is 1.24 bits per heavy atom. The van der Waals surface area contributed by atoms with Crippen LogP contribution >= 0.6 is 0 Å². The molecule has 1 aromatic carbocycles. The number of phenols is 2. The molecule has 1 aromatic rings. The highest BCUT2D eigenvalue weighted by Crippen LogP contribution is 2.25. The molecule has 0 unspecified atom stereocenters. The molecule has 21 heavy (non-hydrogen) atoms. The Labute approximate surface area is 118 Å². The molecule has 0 amide bonds. The van der Waals surface area contributed by atoms with Gasteiger partial charge in [0, 0.05) is 18.2 Å². The maximum absolute atomic E-state index is 10.1. The normalized spacial score (nSPS) is 10.1. The summed E-state index contributed by atoms with van der Waals surface area (Å²) in [5.41, 5.74) is 0.512. The quantitative estimate of drug-likeness (QED) is 0.406. The Hall–Kier alpha value is -3.29. The van der Waals surface area contributed by atoms with Crippen molar-refractivity contribution in [2.45, 2.75) is 0 Å². The van der Waals surface area contributed by atoms with Gasteiger partial charge in [-0.15, -0.1) is 0 Å². The van der Waals surface area contributed by atoms with E-state index in [0.29, 0.717) is 17.7 Å². The van der Waals surface area contributed by atoms with Crippen LogP contribution in [0.2, 0.25) is 0 Å². The van der Waals surface area contributed by atoms with Gasteiger partial charge in [-0.1, -0.05) is 6.07 Å². The Kier molecular flexibility index (Phi) is 7.38. The zero-order valence-electron chi connectivity index (χ0n) is 10.5. The van der Waals surface area contributed by atoms with Gasteiger partial charge in [0.1, 0.15) is 0 Å². The Morgan fingerprint density at radius 1 is 0.762 bits per heavy atom. The van der Waals surface area contributed by atoms with Gasteiger partial charge in [-0.3, -0.25) is 0 Å². The lowest BCUT2D eigenvalue weighted by molar-refractivity contribution is -0.134. The van der Waals surface area contributed by atoms with E-state index in [2.05, 4.69) is 0 Å². The fraction of sp³-hybridized carbons (Fsp3) is 0. The fourth-order valence-electron chi connectivity index (χ4n) is 0.954. The summed E-state index contributed by atoms with van der Waals surface area (Å²) >= 11 is 0. The first-order valence-electron chi connectivity index (χ1n) is 5.29. The summed E-state index contributed by atoms with van der Waals surface area (Å²) in [7, 11) is 0. The van der Waals surface area contributed by atoms with Crippen molar-refractivity contribution < 1.29 is 39.9 Å². The minimum atomic E-state index is -1.26. The smallest absolute Gasteiger partial charge is 0.328 e.